The Balaban J connectivity index is 0.00000242. The topological polar surface area (TPSA) is 143 Å². The van der Waals surface area contributed by atoms with E-state index in [2.05, 4.69) is 14.5 Å². The molecule has 0 amide bonds. The minimum atomic E-state index is -4.48. The first-order valence-electron chi connectivity index (χ1n) is 6.21. The van der Waals surface area contributed by atoms with Crippen LogP contribution < -0.4 is 70.1 Å². The number of nitrogen functional groups attached to an aromatic ring is 1. The van der Waals surface area contributed by atoms with Gasteiger partial charge in [-0.2, -0.15) is 9.43 Å². The zero-order valence-electron chi connectivity index (χ0n) is 13.2. The summed E-state index contributed by atoms with van der Waals surface area (Å²) in [5.74, 6) is 0.290. The van der Waals surface area contributed by atoms with Crippen molar-refractivity contribution >= 4 is 28.0 Å². The van der Waals surface area contributed by atoms with Crippen LogP contribution in [0, 0.1) is 6.92 Å². The van der Waals surface area contributed by atoms with Crippen molar-refractivity contribution in [3.05, 3.63) is 11.8 Å². The van der Waals surface area contributed by atoms with Crippen LogP contribution in [0.25, 0.3) is 0 Å². The molecule has 3 unspecified atom stereocenters. The second-order valence-electron chi connectivity index (χ2n) is 4.92. The summed E-state index contributed by atoms with van der Waals surface area (Å²) >= 11 is 0.808. The number of hydrogen-bond acceptors (Lipinski definition) is 9. The van der Waals surface area contributed by atoms with E-state index in [0.717, 1.165) is 12.0 Å². The Morgan fingerprint density at radius 2 is 2.09 bits per heavy atom. The molecule has 3 atom stereocenters. The van der Waals surface area contributed by atoms with Crippen LogP contribution in [-0.4, -0.2) is 33.3 Å². The maximum atomic E-state index is 11.5. The van der Waals surface area contributed by atoms with E-state index >= 15 is 0 Å². The summed E-state index contributed by atoms with van der Waals surface area (Å²) in [6.07, 6.45) is 0.844. The summed E-state index contributed by atoms with van der Waals surface area (Å²) in [6, 6.07) is 0.908. The minimum Gasteiger partial charge on any atom is -0.748 e. The van der Waals surface area contributed by atoms with Gasteiger partial charge in [-0.05, 0) is 26.2 Å². The third kappa shape index (κ3) is 6.42. The zero-order valence-corrected chi connectivity index (χ0v) is 18.8. The number of rotatable bonds is 5. The molecular formula is C10H15N3Na2O6S2. The van der Waals surface area contributed by atoms with Crippen molar-refractivity contribution in [1.82, 2.24) is 9.78 Å². The Hall–Kier alpha value is 1.15. The van der Waals surface area contributed by atoms with Crippen LogP contribution in [0.2, 0.25) is 0 Å². The summed E-state index contributed by atoms with van der Waals surface area (Å²) in [4.78, 5) is 0. The van der Waals surface area contributed by atoms with Crippen molar-refractivity contribution in [2.45, 2.75) is 42.7 Å². The number of hydrogen-bond donors (Lipinski definition) is 1. The first-order chi connectivity index (χ1) is 9.82. The molecule has 2 N–H and O–H groups in total. The fraction of sp³-hybridized carbons (Fsp3) is 0.700. The van der Waals surface area contributed by atoms with Crippen LogP contribution in [0.4, 0.5) is 5.82 Å². The van der Waals surface area contributed by atoms with E-state index in [4.69, 9.17) is 5.73 Å². The van der Waals surface area contributed by atoms with E-state index in [1.807, 2.05) is 0 Å². The van der Waals surface area contributed by atoms with Gasteiger partial charge >= 0.3 is 59.1 Å². The van der Waals surface area contributed by atoms with Gasteiger partial charge in [-0.3, -0.25) is 5.04 Å². The maximum Gasteiger partial charge on any atom is 1.00 e. The molecule has 0 spiro atoms. The van der Waals surface area contributed by atoms with E-state index in [1.165, 1.54) is 4.68 Å². The smallest absolute Gasteiger partial charge is 0.748 e. The normalized spacial score (nSPS) is 24.6. The third-order valence-corrected chi connectivity index (χ3v) is 5.61. The van der Waals surface area contributed by atoms with Crippen LogP contribution in [0.15, 0.2) is 6.07 Å². The van der Waals surface area contributed by atoms with Crippen LogP contribution in [0.1, 0.15) is 31.0 Å². The van der Waals surface area contributed by atoms with Crippen molar-refractivity contribution in [3.63, 3.8) is 0 Å². The Morgan fingerprint density at radius 3 is 2.57 bits per heavy atom. The Labute approximate surface area is 183 Å². The summed E-state index contributed by atoms with van der Waals surface area (Å²) in [5, 5.41) is 16.0. The van der Waals surface area contributed by atoms with Gasteiger partial charge < -0.3 is 15.5 Å². The van der Waals surface area contributed by atoms with Gasteiger partial charge in [0.25, 0.3) is 0 Å². The van der Waals surface area contributed by atoms with Crippen LogP contribution in [0.3, 0.4) is 0 Å². The molecule has 0 aliphatic heterocycles. The van der Waals surface area contributed by atoms with E-state index in [9.17, 15) is 18.2 Å². The van der Waals surface area contributed by atoms with Crippen LogP contribution in [-0.2, 0) is 19.5 Å². The van der Waals surface area contributed by atoms with Gasteiger partial charge in [-0.1, -0.05) is 0 Å². The number of aryl methyl sites for hydroxylation is 1. The monoisotopic (exact) mass is 383 g/mol. The van der Waals surface area contributed by atoms with E-state index in [0.29, 0.717) is 12.1 Å². The summed E-state index contributed by atoms with van der Waals surface area (Å²) in [6.45, 7) is 1.72. The predicted molar refractivity (Wildman–Crippen MR) is 71.3 cm³/mol. The zero-order chi connectivity index (χ0) is 15.6. The predicted octanol–water partition coefficient (Wildman–Crippen LogP) is -6.34. The second-order valence-corrected chi connectivity index (χ2v) is 7.51. The average Bonchev–Trinajstić information content (AvgIpc) is 2.74. The number of aromatic nitrogens is 2. The van der Waals surface area contributed by atoms with Crippen molar-refractivity contribution in [2.24, 2.45) is 0 Å². The molecule has 1 fully saturated rings. The standard InChI is InChI=1S/C10H17N3O6S2.2Na/c1-6-4-10(11)13(12-6)8-5-7(20-19-18-14)2-3-9(8)21(15,16)17;;/h4,7-9,14H,2-3,5,11H2,1H3,(H,15,16,17);;/q;2*+1/p-2. The largest absolute Gasteiger partial charge is 1.00 e. The molecule has 23 heavy (non-hydrogen) atoms. The van der Waals surface area contributed by atoms with Gasteiger partial charge in [0.2, 0.25) is 0 Å². The molecule has 1 aromatic heterocycles. The van der Waals surface area contributed by atoms with E-state index in [-0.39, 0.29) is 83.0 Å². The molecule has 1 aliphatic rings. The Kier molecular flexibility index (Phi) is 10.9. The number of nitrogens with zero attached hydrogens (tertiary/aromatic N) is 2. The Morgan fingerprint density at radius 1 is 1.43 bits per heavy atom. The quantitative estimate of drug-likeness (QED) is 0.173. The molecule has 1 saturated carbocycles. The number of nitrogens with two attached hydrogens (primary N) is 1. The summed E-state index contributed by atoms with van der Waals surface area (Å²) in [7, 11) is -4.48. The van der Waals surface area contributed by atoms with Gasteiger partial charge in [-0.15, -0.1) is 0 Å². The maximum absolute atomic E-state index is 11.5. The Bertz CT molecular complexity index is 599. The fourth-order valence-corrected chi connectivity index (χ4v) is 4.32. The van der Waals surface area contributed by atoms with Gasteiger partial charge in [-0.25, -0.2) is 13.1 Å². The molecule has 9 nitrogen and oxygen atoms in total. The molecule has 13 heteroatoms. The molecule has 0 saturated heterocycles. The number of anilines is 1. The molecule has 0 aromatic carbocycles. The van der Waals surface area contributed by atoms with Gasteiger partial charge in [0.1, 0.15) is 5.82 Å². The second kappa shape index (κ2) is 10.3. The minimum absolute atomic E-state index is 0. The molecule has 1 aromatic rings. The van der Waals surface area contributed by atoms with Crippen molar-refractivity contribution < 1.29 is 86.7 Å². The van der Waals surface area contributed by atoms with Crippen molar-refractivity contribution in [3.8, 4) is 0 Å². The first kappa shape index (κ1) is 24.1. The third-order valence-electron chi connectivity index (χ3n) is 3.48. The van der Waals surface area contributed by atoms with Crippen molar-refractivity contribution in [1.29, 1.82) is 0 Å². The molecular weight excluding hydrogens is 368 g/mol. The summed E-state index contributed by atoms with van der Waals surface area (Å²) < 4.78 is 40.0. The van der Waals surface area contributed by atoms with E-state index < -0.39 is 21.4 Å². The first-order valence-corrected chi connectivity index (χ1v) is 8.49. The van der Waals surface area contributed by atoms with E-state index in [1.54, 1.807) is 13.0 Å². The van der Waals surface area contributed by atoms with Crippen LogP contribution >= 0.6 is 12.0 Å². The summed E-state index contributed by atoms with van der Waals surface area (Å²) in [5.41, 5.74) is 6.44. The van der Waals surface area contributed by atoms with Crippen LogP contribution in [0.5, 0.6) is 0 Å². The molecule has 2 rings (SSSR count). The van der Waals surface area contributed by atoms with Crippen molar-refractivity contribution in [2.75, 3.05) is 5.73 Å². The SMILES string of the molecule is Cc1cc(N)n(C2CC(SOO[O-])CCC2S(=O)(=O)[O-])n1.[Na+].[Na+]. The average molecular weight is 383 g/mol. The molecule has 120 valence electrons. The molecule has 0 radical (unpaired) electrons. The van der Waals surface area contributed by atoms with Gasteiger partial charge in [0, 0.05) is 23.4 Å². The molecule has 1 heterocycles. The molecule has 1 aliphatic carbocycles. The van der Waals surface area contributed by atoms with Gasteiger partial charge in [0.15, 0.2) is 0 Å². The fourth-order valence-electron chi connectivity index (χ4n) is 2.64. The van der Waals surface area contributed by atoms with Gasteiger partial charge in [0.05, 0.1) is 27.1 Å². The molecule has 0 bridgehead atoms.